The lowest BCUT2D eigenvalue weighted by Crippen LogP contribution is -2.33. The predicted octanol–water partition coefficient (Wildman–Crippen LogP) is 3.81. The van der Waals surface area contributed by atoms with Crippen LogP contribution in [0.1, 0.15) is 50.4 Å². The Hall–Kier alpha value is -1.91. The van der Waals surface area contributed by atoms with Gasteiger partial charge in [0.15, 0.2) is 6.29 Å². The summed E-state index contributed by atoms with van der Waals surface area (Å²) in [6, 6.07) is 5.10. The minimum Gasteiger partial charge on any atom is -0.369 e. The molecule has 0 aliphatic heterocycles. The summed E-state index contributed by atoms with van der Waals surface area (Å²) < 4.78 is 0. The zero-order valence-corrected chi connectivity index (χ0v) is 12.3. The van der Waals surface area contributed by atoms with E-state index in [1.54, 1.807) is 12.1 Å². The molecule has 0 amide bonds. The monoisotopic (exact) mass is 278 g/mol. The van der Waals surface area contributed by atoms with Gasteiger partial charge in [-0.05, 0) is 31.9 Å². The van der Waals surface area contributed by atoms with Crippen LogP contribution in [0.15, 0.2) is 18.2 Å². The number of rotatable bonds is 8. The number of nitro groups is 1. The summed E-state index contributed by atoms with van der Waals surface area (Å²) in [5.74, 6) is 0. The molecule has 0 aromatic heterocycles. The van der Waals surface area contributed by atoms with Crippen molar-refractivity contribution in [3.05, 3.63) is 33.9 Å². The average Bonchev–Trinajstić information content (AvgIpc) is 2.46. The van der Waals surface area contributed by atoms with Crippen LogP contribution in [0, 0.1) is 10.1 Å². The van der Waals surface area contributed by atoms with E-state index in [4.69, 9.17) is 0 Å². The maximum Gasteiger partial charge on any atom is 0.280 e. The number of unbranched alkanes of at least 4 members (excludes halogenated alkanes) is 1. The van der Waals surface area contributed by atoms with E-state index in [1.165, 1.54) is 6.07 Å². The molecule has 0 aliphatic carbocycles. The van der Waals surface area contributed by atoms with Gasteiger partial charge in [0.05, 0.1) is 10.5 Å². The summed E-state index contributed by atoms with van der Waals surface area (Å²) in [5, 5.41) is 10.9. The highest BCUT2D eigenvalue weighted by atomic mass is 16.6. The minimum absolute atomic E-state index is 0.136. The van der Waals surface area contributed by atoms with Crippen molar-refractivity contribution in [3.8, 4) is 0 Å². The van der Waals surface area contributed by atoms with Gasteiger partial charge in [0.25, 0.3) is 5.69 Å². The van der Waals surface area contributed by atoms with Crippen LogP contribution in [0.2, 0.25) is 0 Å². The molecule has 1 atom stereocenters. The number of carbonyl (C=O) groups excluding carboxylic acids is 1. The summed E-state index contributed by atoms with van der Waals surface area (Å²) >= 11 is 0. The fraction of sp³-hybridized carbons (Fsp3) is 0.533. The first kappa shape index (κ1) is 16.1. The lowest BCUT2D eigenvalue weighted by atomic mass is 10.1. The molecular formula is C15H22N2O3. The number of anilines is 1. The first-order chi connectivity index (χ1) is 9.54. The second-order valence-corrected chi connectivity index (χ2v) is 4.92. The molecule has 5 heteroatoms. The molecule has 0 bridgehead atoms. The van der Waals surface area contributed by atoms with Gasteiger partial charge in [0, 0.05) is 24.3 Å². The number of carbonyl (C=O) groups is 1. The molecule has 0 heterocycles. The van der Waals surface area contributed by atoms with Gasteiger partial charge in [-0.25, -0.2) is 0 Å². The third-order valence-corrected chi connectivity index (χ3v) is 3.54. The Labute approximate surface area is 119 Å². The Morgan fingerprint density at radius 2 is 2.10 bits per heavy atom. The Morgan fingerprint density at radius 3 is 2.60 bits per heavy atom. The molecule has 1 unspecified atom stereocenters. The lowest BCUT2D eigenvalue weighted by molar-refractivity contribution is -0.385. The van der Waals surface area contributed by atoms with Crippen molar-refractivity contribution < 1.29 is 9.72 Å². The minimum atomic E-state index is -0.521. The Morgan fingerprint density at radius 1 is 1.40 bits per heavy atom. The zero-order chi connectivity index (χ0) is 15.1. The van der Waals surface area contributed by atoms with Gasteiger partial charge in [-0.1, -0.05) is 20.3 Å². The summed E-state index contributed by atoms with van der Waals surface area (Å²) in [6.07, 6.45) is 3.67. The quantitative estimate of drug-likeness (QED) is 0.412. The van der Waals surface area contributed by atoms with E-state index in [1.807, 2.05) is 0 Å². The van der Waals surface area contributed by atoms with Crippen molar-refractivity contribution in [1.29, 1.82) is 0 Å². The first-order valence-electron chi connectivity index (χ1n) is 7.05. The first-order valence-corrected chi connectivity index (χ1v) is 7.05. The van der Waals surface area contributed by atoms with Crippen LogP contribution in [-0.4, -0.2) is 23.8 Å². The maximum absolute atomic E-state index is 11.0. The van der Waals surface area contributed by atoms with E-state index < -0.39 is 4.92 Å². The third kappa shape index (κ3) is 3.79. The van der Waals surface area contributed by atoms with Gasteiger partial charge in [0.2, 0.25) is 0 Å². The van der Waals surface area contributed by atoms with Crippen molar-refractivity contribution in [2.24, 2.45) is 0 Å². The van der Waals surface area contributed by atoms with E-state index in [0.717, 1.165) is 31.5 Å². The summed E-state index contributed by atoms with van der Waals surface area (Å²) in [6.45, 7) is 7.25. The predicted molar refractivity (Wildman–Crippen MR) is 80.5 cm³/mol. The molecule has 0 saturated heterocycles. The van der Waals surface area contributed by atoms with Crippen molar-refractivity contribution in [2.45, 2.75) is 46.1 Å². The fourth-order valence-electron chi connectivity index (χ4n) is 2.13. The standard InChI is InChI=1S/C15H22N2O3/c1-4-6-9-16(12(3)5-2)14-7-8-15(17(19)20)13(10-14)11-18/h7-8,10-12H,4-6,9H2,1-3H3. The van der Waals surface area contributed by atoms with Gasteiger partial charge < -0.3 is 4.90 Å². The summed E-state index contributed by atoms with van der Waals surface area (Å²) in [5.41, 5.74) is 0.876. The molecule has 0 saturated carbocycles. The summed E-state index contributed by atoms with van der Waals surface area (Å²) in [4.78, 5) is 23.6. The molecular weight excluding hydrogens is 256 g/mol. The number of hydrogen-bond donors (Lipinski definition) is 0. The molecule has 0 aliphatic rings. The van der Waals surface area contributed by atoms with Gasteiger partial charge >= 0.3 is 0 Å². The molecule has 0 spiro atoms. The van der Waals surface area contributed by atoms with E-state index in [-0.39, 0.29) is 11.3 Å². The van der Waals surface area contributed by atoms with E-state index in [9.17, 15) is 14.9 Å². The number of nitro benzene ring substituents is 1. The lowest BCUT2D eigenvalue weighted by Gasteiger charge is -2.31. The number of benzene rings is 1. The largest absolute Gasteiger partial charge is 0.369 e. The van der Waals surface area contributed by atoms with Gasteiger partial charge in [-0.2, -0.15) is 0 Å². The molecule has 0 N–H and O–H groups in total. The third-order valence-electron chi connectivity index (χ3n) is 3.54. The fourth-order valence-corrected chi connectivity index (χ4v) is 2.13. The van der Waals surface area contributed by atoms with Gasteiger partial charge in [-0.3, -0.25) is 14.9 Å². The summed E-state index contributed by atoms with van der Waals surface area (Å²) in [7, 11) is 0. The average molecular weight is 278 g/mol. The normalized spacial score (nSPS) is 11.9. The van der Waals surface area contributed by atoms with Crippen LogP contribution >= 0.6 is 0 Å². The van der Waals surface area contributed by atoms with Crippen LogP contribution in [0.4, 0.5) is 11.4 Å². The second-order valence-electron chi connectivity index (χ2n) is 4.92. The molecule has 5 nitrogen and oxygen atoms in total. The smallest absolute Gasteiger partial charge is 0.280 e. The van der Waals surface area contributed by atoms with E-state index >= 15 is 0 Å². The molecule has 1 aromatic carbocycles. The zero-order valence-electron chi connectivity index (χ0n) is 12.3. The number of aldehydes is 1. The number of hydrogen-bond acceptors (Lipinski definition) is 4. The van der Waals surface area contributed by atoms with Gasteiger partial charge in [0.1, 0.15) is 0 Å². The Kier molecular flexibility index (Phi) is 6.15. The van der Waals surface area contributed by atoms with Crippen molar-refractivity contribution in [1.82, 2.24) is 0 Å². The van der Waals surface area contributed by atoms with Crippen LogP contribution in [0.3, 0.4) is 0 Å². The number of nitrogens with zero attached hydrogens (tertiary/aromatic N) is 2. The molecule has 0 radical (unpaired) electrons. The van der Waals surface area contributed by atoms with E-state index in [0.29, 0.717) is 12.3 Å². The Bertz CT molecular complexity index is 474. The van der Waals surface area contributed by atoms with Crippen molar-refractivity contribution in [3.63, 3.8) is 0 Å². The SMILES string of the molecule is CCCCN(c1ccc([N+](=O)[O-])c(C=O)c1)C(C)CC. The van der Waals surface area contributed by atoms with E-state index in [2.05, 4.69) is 25.7 Å². The molecule has 1 aromatic rings. The highest BCUT2D eigenvalue weighted by molar-refractivity contribution is 5.83. The second kappa shape index (κ2) is 7.62. The van der Waals surface area contributed by atoms with Gasteiger partial charge in [-0.15, -0.1) is 0 Å². The van der Waals surface area contributed by atoms with Crippen LogP contribution in [0.5, 0.6) is 0 Å². The topological polar surface area (TPSA) is 63.4 Å². The van der Waals surface area contributed by atoms with Crippen LogP contribution in [0.25, 0.3) is 0 Å². The molecule has 110 valence electrons. The van der Waals surface area contributed by atoms with Crippen molar-refractivity contribution in [2.75, 3.05) is 11.4 Å². The molecule has 20 heavy (non-hydrogen) atoms. The van der Waals surface area contributed by atoms with Crippen molar-refractivity contribution >= 4 is 17.7 Å². The highest BCUT2D eigenvalue weighted by Crippen LogP contribution is 2.26. The highest BCUT2D eigenvalue weighted by Gasteiger charge is 2.18. The maximum atomic E-state index is 11.0. The van der Waals surface area contributed by atoms with Crippen LogP contribution < -0.4 is 4.90 Å². The molecule has 1 rings (SSSR count). The van der Waals surface area contributed by atoms with Crippen LogP contribution in [-0.2, 0) is 0 Å². The molecule has 0 fully saturated rings. The Balaban J connectivity index is 3.13.